The molecule has 0 saturated carbocycles. The minimum absolute atomic E-state index is 0.789. The zero-order chi connectivity index (χ0) is 15.6. The molecule has 1 N–H and O–H groups in total. The molecule has 0 amide bonds. The minimum Gasteiger partial charge on any atom is -0.496 e. The maximum absolute atomic E-state index is 5.50. The van der Waals surface area contributed by atoms with Crippen LogP contribution in [0.2, 0.25) is 0 Å². The average Bonchev–Trinajstić information content (AvgIpc) is 3.10. The van der Waals surface area contributed by atoms with Crippen LogP contribution in [0.5, 0.6) is 5.75 Å². The SMILES string of the molecule is COc1ccccc1-c1nc2c(c(N3CCNCC3)n1)CCC2. The number of nitrogens with zero attached hydrogens (tertiary/aromatic N) is 3. The Morgan fingerprint density at radius 2 is 1.91 bits per heavy atom. The van der Waals surface area contributed by atoms with Gasteiger partial charge < -0.3 is 15.0 Å². The van der Waals surface area contributed by atoms with Crippen molar-refractivity contribution in [2.24, 2.45) is 0 Å². The lowest BCUT2D eigenvalue weighted by Gasteiger charge is -2.30. The Bertz CT molecular complexity index is 710. The van der Waals surface area contributed by atoms with E-state index in [1.54, 1.807) is 7.11 Å². The van der Waals surface area contributed by atoms with Gasteiger partial charge in [-0.25, -0.2) is 9.97 Å². The van der Waals surface area contributed by atoms with Crippen LogP contribution in [0.15, 0.2) is 24.3 Å². The highest BCUT2D eigenvalue weighted by molar-refractivity contribution is 5.67. The number of ether oxygens (including phenoxy) is 1. The van der Waals surface area contributed by atoms with E-state index in [2.05, 4.69) is 10.2 Å². The molecule has 1 aliphatic carbocycles. The molecule has 1 saturated heterocycles. The third-order valence-corrected chi connectivity index (χ3v) is 4.68. The molecule has 5 heteroatoms. The van der Waals surface area contributed by atoms with E-state index in [0.717, 1.165) is 62.0 Å². The van der Waals surface area contributed by atoms with Crippen LogP contribution in [-0.4, -0.2) is 43.3 Å². The van der Waals surface area contributed by atoms with Gasteiger partial charge in [0.1, 0.15) is 11.6 Å². The number of anilines is 1. The lowest BCUT2D eigenvalue weighted by Crippen LogP contribution is -2.44. The summed E-state index contributed by atoms with van der Waals surface area (Å²) in [5, 5.41) is 3.41. The van der Waals surface area contributed by atoms with E-state index in [-0.39, 0.29) is 0 Å². The quantitative estimate of drug-likeness (QED) is 0.940. The molecule has 0 unspecified atom stereocenters. The Balaban J connectivity index is 1.82. The molecule has 4 rings (SSSR count). The smallest absolute Gasteiger partial charge is 0.165 e. The van der Waals surface area contributed by atoms with Gasteiger partial charge in [0.15, 0.2) is 5.82 Å². The van der Waals surface area contributed by atoms with E-state index in [4.69, 9.17) is 14.7 Å². The summed E-state index contributed by atoms with van der Waals surface area (Å²) in [5.74, 6) is 2.75. The average molecular weight is 310 g/mol. The number of para-hydroxylation sites is 1. The van der Waals surface area contributed by atoms with Gasteiger partial charge in [-0.3, -0.25) is 0 Å². The van der Waals surface area contributed by atoms with Crippen LogP contribution in [-0.2, 0) is 12.8 Å². The Kier molecular flexibility index (Phi) is 3.87. The number of piperazine rings is 1. The molecule has 2 aliphatic rings. The molecular weight excluding hydrogens is 288 g/mol. The second kappa shape index (κ2) is 6.16. The lowest BCUT2D eigenvalue weighted by atomic mass is 10.1. The van der Waals surface area contributed by atoms with Gasteiger partial charge in [0.25, 0.3) is 0 Å². The number of aryl methyl sites for hydroxylation is 1. The van der Waals surface area contributed by atoms with E-state index in [9.17, 15) is 0 Å². The molecule has 0 radical (unpaired) electrons. The van der Waals surface area contributed by atoms with Gasteiger partial charge in [-0.2, -0.15) is 0 Å². The molecular formula is C18H22N4O. The highest BCUT2D eigenvalue weighted by Crippen LogP contribution is 2.34. The largest absolute Gasteiger partial charge is 0.496 e. The fraction of sp³-hybridized carbons (Fsp3) is 0.444. The van der Waals surface area contributed by atoms with Crippen LogP contribution in [0, 0.1) is 0 Å². The molecule has 0 spiro atoms. The number of fused-ring (bicyclic) bond motifs is 1. The summed E-state index contributed by atoms with van der Waals surface area (Å²) < 4.78 is 5.50. The van der Waals surface area contributed by atoms with Crippen molar-refractivity contribution in [3.8, 4) is 17.1 Å². The van der Waals surface area contributed by atoms with E-state index in [0.29, 0.717) is 0 Å². The first kappa shape index (κ1) is 14.5. The van der Waals surface area contributed by atoms with Gasteiger partial charge in [-0.15, -0.1) is 0 Å². The van der Waals surface area contributed by atoms with Crippen molar-refractivity contribution >= 4 is 5.82 Å². The van der Waals surface area contributed by atoms with Crippen molar-refractivity contribution in [3.05, 3.63) is 35.5 Å². The number of nitrogens with one attached hydrogen (secondary N) is 1. The molecule has 2 aromatic rings. The highest BCUT2D eigenvalue weighted by atomic mass is 16.5. The van der Waals surface area contributed by atoms with Gasteiger partial charge in [-0.05, 0) is 31.4 Å². The van der Waals surface area contributed by atoms with E-state index in [1.165, 1.54) is 17.7 Å². The van der Waals surface area contributed by atoms with Crippen LogP contribution >= 0.6 is 0 Å². The van der Waals surface area contributed by atoms with E-state index < -0.39 is 0 Å². The Labute approximate surface area is 136 Å². The molecule has 1 aromatic heterocycles. The molecule has 0 atom stereocenters. The predicted molar refractivity (Wildman–Crippen MR) is 91.1 cm³/mol. The summed E-state index contributed by atoms with van der Waals surface area (Å²) in [6.07, 6.45) is 3.33. The molecule has 1 fully saturated rings. The Hall–Kier alpha value is -2.14. The first-order chi connectivity index (χ1) is 11.4. The van der Waals surface area contributed by atoms with Crippen molar-refractivity contribution in [2.45, 2.75) is 19.3 Å². The standard InChI is InChI=1S/C18H22N4O/c1-23-16-8-3-2-5-14(16)17-20-15-7-4-6-13(15)18(21-17)22-11-9-19-10-12-22/h2-3,5,8,19H,4,6-7,9-12H2,1H3. The van der Waals surface area contributed by atoms with E-state index in [1.807, 2.05) is 24.3 Å². The third-order valence-electron chi connectivity index (χ3n) is 4.68. The number of benzene rings is 1. The summed E-state index contributed by atoms with van der Waals surface area (Å²) in [6.45, 7) is 4.05. The second-order valence-electron chi connectivity index (χ2n) is 6.09. The maximum atomic E-state index is 5.50. The first-order valence-corrected chi connectivity index (χ1v) is 8.35. The normalized spacial score (nSPS) is 17.2. The second-order valence-corrected chi connectivity index (χ2v) is 6.09. The van der Waals surface area contributed by atoms with Gasteiger partial charge in [0.2, 0.25) is 0 Å². The minimum atomic E-state index is 0.789. The van der Waals surface area contributed by atoms with Crippen molar-refractivity contribution < 1.29 is 4.74 Å². The molecule has 1 aromatic carbocycles. The van der Waals surface area contributed by atoms with Crippen molar-refractivity contribution in [1.82, 2.24) is 15.3 Å². The molecule has 23 heavy (non-hydrogen) atoms. The first-order valence-electron chi connectivity index (χ1n) is 8.35. The Morgan fingerprint density at radius 3 is 2.74 bits per heavy atom. The van der Waals surface area contributed by atoms with E-state index >= 15 is 0 Å². The summed E-state index contributed by atoms with van der Waals surface area (Å²) >= 11 is 0. The third kappa shape index (κ3) is 2.65. The number of methoxy groups -OCH3 is 1. The molecule has 2 heterocycles. The molecule has 120 valence electrons. The molecule has 0 bridgehead atoms. The van der Waals surface area contributed by atoms with Crippen molar-refractivity contribution in [2.75, 3.05) is 38.2 Å². The summed E-state index contributed by atoms with van der Waals surface area (Å²) in [5.41, 5.74) is 3.54. The molecule has 5 nitrogen and oxygen atoms in total. The van der Waals surface area contributed by atoms with Gasteiger partial charge in [0.05, 0.1) is 12.7 Å². The summed E-state index contributed by atoms with van der Waals surface area (Å²) in [6, 6.07) is 8.00. The van der Waals surface area contributed by atoms with Crippen molar-refractivity contribution in [3.63, 3.8) is 0 Å². The van der Waals surface area contributed by atoms with Crippen LogP contribution in [0.1, 0.15) is 17.7 Å². The maximum Gasteiger partial charge on any atom is 0.165 e. The predicted octanol–water partition coefficient (Wildman–Crippen LogP) is 2.05. The van der Waals surface area contributed by atoms with Crippen LogP contribution in [0.25, 0.3) is 11.4 Å². The zero-order valence-electron chi connectivity index (χ0n) is 13.5. The van der Waals surface area contributed by atoms with Gasteiger partial charge in [-0.1, -0.05) is 12.1 Å². The summed E-state index contributed by atoms with van der Waals surface area (Å²) in [4.78, 5) is 12.2. The van der Waals surface area contributed by atoms with Crippen LogP contribution in [0.3, 0.4) is 0 Å². The van der Waals surface area contributed by atoms with Gasteiger partial charge >= 0.3 is 0 Å². The monoisotopic (exact) mass is 310 g/mol. The number of rotatable bonds is 3. The summed E-state index contributed by atoms with van der Waals surface area (Å²) in [7, 11) is 1.70. The van der Waals surface area contributed by atoms with Crippen LogP contribution < -0.4 is 15.0 Å². The van der Waals surface area contributed by atoms with Gasteiger partial charge in [0, 0.05) is 37.4 Å². The highest BCUT2D eigenvalue weighted by Gasteiger charge is 2.24. The van der Waals surface area contributed by atoms with Crippen LogP contribution in [0.4, 0.5) is 5.82 Å². The lowest BCUT2D eigenvalue weighted by molar-refractivity contribution is 0.416. The number of hydrogen-bond donors (Lipinski definition) is 1. The number of hydrogen-bond acceptors (Lipinski definition) is 5. The molecule has 1 aliphatic heterocycles. The van der Waals surface area contributed by atoms with Crippen molar-refractivity contribution in [1.29, 1.82) is 0 Å². The zero-order valence-corrected chi connectivity index (χ0v) is 13.5. The topological polar surface area (TPSA) is 50.3 Å². The Morgan fingerprint density at radius 1 is 1.09 bits per heavy atom. The number of aromatic nitrogens is 2. The fourth-order valence-corrected chi connectivity index (χ4v) is 3.50. The fourth-order valence-electron chi connectivity index (χ4n) is 3.50.